The number of anilines is 1. The summed E-state index contributed by atoms with van der Waals surface area (Å²) in [6.45, 7) is 1.33. The van der Waals surface area contributed by atoms with Crippen LogP contribution in [0.4, 0.5) is 5.69 Å². The number of sulfonamides is 1. The number of nitrogens with two attached hydrogens (primary N) is 1. The lowest BCUT2D eigenvalue weighted by Gasteiger charge is -2.11. The summed E-state index contributed by atoms with van der Waals surface area (Å²) in [6, 6.07) is 1.51. The Kier molecular flexibility index (Phi) is 6.16. The van der Waals surface area contributed by atoms with Crippen molar-refractivity contribution in [3.8, 4) is 0 Å². The number of hydrogen-bond donors (Lipinski definition) is 3. The molecule has 0 fully saturated rings. The van der Waals surface area contributed by atoms with E-state index in [0.29, 0.717) is 12.2 Å². The van der Waals surface area contributed by atoms with Gasteiger partial charge in [-0.05, 0) is 39.5 Å². The lowest BCUT2D eigenvalue weighted by Crippen LogP contribution is -2.27. The second-order valence-corrected chi connectivity index (χ2v) is 6.16. The average Bonchev–Trinajstić information content (AvgIpc) is 2.37. The first-order valence-electron chi connectivity index (χ1n) is 6.02. The van der Waals surface area contributed by atoms with Gasteiger partial charge in [0.2, 0.25) is 10.0 Å². The predicted octanol–water partition coefficient (Wildman–Crippen LogP) is -0.0127. The first kappa shape index (κ1) is 15.8. The van der Waals surface area contributed by atoms with E-state index < -0.39 is 10.0 Å². The molecule has 1 aromatic heterocycles. The van der Waals surface area contributed by atoms with E-state index in [1.807, 2.05) is 14.1 Å². The zero-order chi connectivity index (χ0) is 14.3. The maximum atomic E-state index is 12.1. The molecule has 4 N–H and O–H groups in total. The summed E-state index contributed by atoms with van der Waals surface area (Å²) in [7, 11) is 0.398. The van der Waals surface area contributed by atoms with Gasteiger partial charge in [-0.2, -0.15) is 0 Å². The van der Waals surface area contributed by atoms with Crippen molar-refractivity contribution in [3.05, 3.63) is 18.5 Å². The molecule has 19 heavy (non-hydrogen) atoms. The number of hydrazine groups is 1. The smallest absolute Gasteiger partial charge is 0.244 e. The van der Waals surface area contributed by atoms with E-state index >= 15 is 0 Å². The van der Waals surface area contributed by atoms with E-state index in [-0.39, 0.29) is 4.90 Å². The first-order chi connectivity index (χ1) is 8.97. The Hall–Kier alpha value is -1.22. The van der Waals surface area contributed by atoms with E-state index in [9.17, 15) is 8.42 Å². The highest BCUT2D eigenvalue weighted by atomic mass is 32.2. The summed E-state index contributed by atoms with van der Waals surface area (Å²) in [5.41, 5.74) is 2.68. The lowest BCUT2D eigenvalue weighted by molar-refractivity contribution is 0.394. The van der Waals surface area contributed by atoms with E-state index in [2.05, 4.69) is 20.0 Å². The Morgan fingerprint density at radius 3 is 2.74 bits per heavy atom. The molecular weight excluding hydrogens is 266 g/mol. The molecule has 0 aliphatic carbocycles. The van der Waals surface area contributed by atoms with Gasteiger partial charge in [-0.1, -0.05) is 0 Å². The quantitative estimate of drug-likeness (QED) is 0.353. The fraction of sp³-hybridized carbons (Fsp3) is 0.545. The fourth-order valence-electron chi connectivity index (χ4n) is 1.55. The molecule has 8 heteroatoms. The molecule has 108 valence electrons. The van der Waals surface area contributed by atoms with E-state index in [4.69, 9.17) is 5.84 Å². The van der Waals surface area contributed by atoms with E-state index in [1.54, 1.807) is 0 Å². The van der Waals surface area contributed by atoms with Gasteiger partial charge in [-0.15, -0.1) is 0 Å². The van der Waals surface area contributed by atoms with Gasteiger partial charge in [0.25, 0.3) is 0 Å². The van der Waals surface area contributed by atoms with Crippen LogP contribution in [0.1, 0.15) is 12.8 Å². The van der Waals surface area contributed by atoms with Crippen molar-refractivity contribution in [2.24, 2.45) is 5.84 Å². The molecule has 0 unspecified atom stereocenters. The number of nitrogens with zero attached hydrogens (tertiary/aromatic N) is 2. The van der Waals surface area contributed by atoms with Crippen molar-refractivity contribution in [2.75, 3.05) is 32.6 Å². The number of unbranched alkanes of at least 4 members (excludes halogenated alkanes) is 1. The average molecular weight is 287 g/mol. The van der Waals surface area contributed by atoms with E-state index in [0.717, 1.165) is 19.4 Å². The van der Waals surface area contributed by atoms with Crippen molar-refractivity contribution < 1.29 is 8.42 Å². The topological polar surface area (TPSA) is 100 Å². The number of nitrogens with one attached hydrogen (secondary N) is 2. The number of hydrogen-bond acceptors (Lipinski definition) is 6. The van der Waals surface area contributed by atoms with Crippen LogP contribution in [0.2, 0.25) is 0 Å². The molecule has 1 rings (SSSR count). The van der Waals surface area contributed by atoms with Crippen LogP contribution in [-0.4, -0.2) is 45.5 Å². The molecule has 0 aliphatic heterocycles. The molecule has 0 saturated heterocycles. The van der Waals surface area contributed by atoms with Gasteiger partial charge in [0.15, 0.2) is 0 Å². The van der Waals surface area contributed by atoms with Crippen molar-refractivity contribution in [1.82, 2.24) is 14.6 Å². The Bertz CT molecular complexity index is 490. The molecule has 0 aromatic carbocycles. The van der Waals surface area contributed by atoms with Crippen molar-refractivity contribution >= 4 is 15.7 Å². The summed E-state index contributed by atoms with van der Waals surface area (Å²) >= 11 is 0. The van der Waals surface area contributed by atoms with Gasteiger partial charge in [0.05, 0.1) is 5.69 Å². The van der Waals surface area contributed by atoms with Crippen LogP contribution in [0.25, 0.3) is 0 Å². The second kappa shape index (κ2) is 7.39. The zero-order valence-electron chi connectivity index (χ0n) is 11.3. The Balaban J connectivity index is 2.56. The highest BCUT2D eigenvalue weighted by Gasteiger charge is 2.17. The summed E-state index contributed by atoms with van der Waals surface area (Å²) in [6.07, 6.45) is 4.47. The molecule has 0 saturated carbocycles. The van der Waals surface area contributed by atoms with Crippen LogP contribution in [0.5, 0.6) is 0 Å². The van der Waals surface area contributed by atoms with Crippen LogP contribution >= 0.6 is 0 Å². The van der Waals surface area contributed by atoms with E-state index in [1.165, 1.54) is 18.5 Å². The maximum Gasteiger partial charge on any atom is 0.244 e. The minimum absolute atomic E-state index is 0.0603. The van der Waals surface area contributed by atoms with Gasteiger partial charge in [0.1, 0.15) is 4.90 Å². The van der Waals surface area contributed by atoms with Crippen molar-refractivity contribution in [3.63, 3.8) is 0 Å². The minimum Gasteiger partial charge on any atom is -0.323 e. The summed E-state index contributed by atoms with van der Waals surface area (Å²) in [5.74, 6) is 5.28. The Morgan fingerprint density at radius 1 is 1.37 bits per heavy atom. The van der Waals surface area contributed by atoms with Gasteiger partial charge >= 0.3 is 0 Å². The van der Waals surface area contributed by atoms with Gasteiger partial charge in [0, 0.05) is 18.9 Å². The highest BCUT2D eigenvalue weighted by Crippen LogP contribution is 2.17. The van der Waals surface area contributed by atoms with Crippen LogP contribution in [0.3, 0.4) is 0 Å². The van der Waals surface area contributed by atoms with Crippen molar-refractivity contribution in [2.45, 2.75) is 17.7 Å². The normalized spacial score (nSPS) is 11.8. The first-order valence-corrected chi connectivity index (χ1v) is 7.50. The fourth-order valence-corrected chi connectivity index (χ4v) is 2.74. The SMILES string of the molecule is CN(C)CCCCNS(=O)(=O)c1cnccc1NN. The predicted molar refractivity (Wildman–Crippen MR) is 75.0 cm³/mol. The maximum absolute atomic E-state index is 12.1. The molecule has 0 amide bonds. The van der Waals surface area contributed by atoms with Crippen LogP contribution in [-0.2, 0) is 10.0 Å². The minimum atomic E-state index is -3.57. The molecule has 1 aromatic rings. The molecule has 0 bridgehead atoms. The number of aromatic nitrogens is 1. The summed E-state index contributed by atoms with van der Waals surface area (Å²) in [4.78, 5) is 5.93. The third-order valence-corrected chi connectivity index (χ3v) is 4.04. The second-order valence-electron chi connectivity index (χ2n) is 4.42. The summed E-state index contributed by atoms with van der Waals surface area (Å²) < 4.78 is 26.6. The van der Waals surface area contributed by atoms with Crippen molar-refractivity contribution in [1.29, 1.82) is 0 Å². The molecule has 0 radical (unpaired) electrons. The standard InChI is InChI=1S/C11H21N5O2S/c1-16(2)8-4-3-6-14-19(17,18)11-9-13-7-5-10(11)15-12/h5,7,9,14H,3-4,6,8,12H2,1-2H3,(H,13,15). The number of rotatable bonds is 8. The Labute approximate surface area is 114 Å². The van der Waals surface area contributed by atoms with Crippen LogP contribution in [0, 0.1) is 0 Å². The molecule has 0 aliphatic rings. The number of nitrogen functional groups attached to an aromatic ring is 1. The largest absolute Gasteiger partial charge is 0.323 e. The molecule has 0 spiro atoms. The van der Waals surface area contributed by atoms with Gasteiger partial charge in [-0.25, -0.2) is 13.1 Å². The van der Waals surface area contributed by atoms with Crippen LogP contribution in [0.15, 0.2) is 23.4 Å². The lowest BCUT2D eigenvalue weighted by atomic mass is 10.3. The molecule has 0 atom stereocenters. The highest BCUT2D eigenvalue weighted by molar-refractivity contribution is 7.89. The monoisotopic (exact) mass is 287 g/mol. The molecule has 1 heterocycles. The zero-order valence-corrected chi connectivity index (χ0v) is 12.1. The van der Waals surface area contributed by atoms with Crippen LogP contribution < -0.4 is 16.0 Å². The molecular formula is C11H21N5O2S. The third-order valence-electron chi connectivity index (χ3n) is 2.55. The molecule has 7 nitrogen and oxygen atoms in total. The third kappa shape index (κ3) is 5.11. The Morgan fingerprint density at radius 2 is 2.11 bits per heavy atom. The van der Waals surface area contributed by atoms with Gasteiger partial charge < -0.3 is 10.3 Å². The number of pyridine rings is 1. The summed E-state index contributed by atoms with van der Waals surface area (Å²) in [5, 5.41) is 0. The van der Waals surface area contributed by atoms with Gasteiger partial charge in [-0.3, -0.25) is 10.8 Å².